The number of hydrogen-bond acceptors (Lipinski definition) is 4. The minimum atomic E-state index is 0.660. The molecule has 0 fully saturated rings. The molecule has 114 valence electrons. The molecule has 0 N–H and O–H groups in total. The molecule has 0 saturated heterocycles. The Morgan fingerprint density at radius 2 is 1.73 bits per heavy atom. The van der Waals surface area contributed by atoms with E-state index >= 15 is 0 Å². The van der Waals surface area contributed by atoms with Crippen molar-refractivity contribution < 1.29 is 9.47 Å². The number of para-hydroxylation sites is 3. The Bertz CT molecular complexity index is 739. The van der Waals surface area contributed by atoms with Gasteiger partial charge in [-0.3, -0.25) is 0 Å². The first kappa shape index (κ1) is 14.4. The van der Waals surface area contributed by atoms with Crippen LogP contribution in [0.1, 0.15) is 12.8 Å². The molecule has 3 rings (SSSR count). The fraction of sp³-hybridized carbons (Fsp3) is 0.294. The Hall–Kier alpha value is -2.56. The average molecular weight is 297 g/mol. The number of hydrogen-bond donors (Lipinski definition) is 0. The number of nitrogens with zero attached hydrogens (tertiary/aromatic N) is 3. The van der Waals surface area contributed by atoms with Gasteiger partial charge in [-0.2, -0.15) is 0 Å². The molecule has 22 heavy (non-hydrogen) atoms. The van der Waals surface area contributed by atoms with Gasteiger partial charge in [-0.25, -0.2) is 4.68 Å². The Balaban J connectivity index is 1.48. The number of methoxy groups -OCH3 is 1. The van der Waals surface area contributed by atoms with Gasteiger partial charge in [-0.1, -0.05) is 29.5 Å². The Morgan fingerprint density at radius 3 is 2.59 bits per heavy atom. The summed E-state index contributed by atoms with van der Waals surface area (Å²) in [4.78, 5) is 0. The predicted molar refractivity (Wildman–Crippen MR) is 85.3 cm³/mol. The Labute approximate surface area is 129 Å². The smallest absolute Gasteiger partial charge is 0.161 e. The molecule has 0 unspecified atom stereocenters. The van der Waals surface area contributed by atoms with Crippen LogP contribution in [0.2, 0.25) is 0 Å². The van der Waals surface area contributed by atoms with E-state index in [9.17, 15) is 0 Å². The first-order valence-electron chi connectivity index (χ1n) is 7.42. The third-order valence-electron chi connectivity index (χ3n) is 3.51. The molecule has 0 spiro atoms. The highest BCUT2D eigenvalue weighted by atomic mass is 16.5. The first-order valence-corrected chi connectivity index (χ1v) is 7.42. The Morgan fingerprint density at radius 1 is 0.955 bits per heavy atom. The lowest BCUT2D eigenvalue weighted by Crippen LogP contribution is -2.04. The molecule has 1 aromatic heterocycles. The predicted octanol–water partition coefficient (Wildman–Crippen LogP) is 3.30. The summed E-state index contributed by atoms with van der Waals surface area (Å²) in [5.74, 6) is 1.56. The highest BCUT2D eigenvalue weighted by molar-refractivity contribution is 5.73. The highest BCUT2D eigenvalue weighted by Gasteiger charge is 2.04. The number of unbranched alkanes of at least 4 members (excludes halogenated alkanes) is 1. The van der Waals surface area contributed by atoms with Gasteiger partial charge >= 0.3 is 0 Å². The van der Waals surface area contributed by atoms with Crippen molar-refractivity contribution in [1.29, 1.82) is 0 Å². The maximum atomic E-state index is 5.76. The summed E-state index contributed by atoms with van der Waals surface area (Å²) in [6.07, 6.45) is 1.94. The summed E-state index contributed by atoms with van der Waals surface area (Å²) in [6.45, 7) is 1.50. The molecule has 0 saturated carbocycles. The molecule has 5 nitrogen and oxygen atoms in total. The first-order chi connectivity index (χ1) is 10.9. The van der Waals surface area contributed by atoms with Crippen LogP contribution in [0.15, 0.2) is 48.5 Å². The van der Waals surface area contributed by atoms with E-state index in [0.29, 0.717) is 6.61 Å². The van der Waals surface area contributed by atoms with Crippen molar-refractivity contribution in [1.82, 2.24) is 15.0 Å². The summed E-state index contributed by atoms with van der Waals surface area (Å²) in [7, 11) is 1.65. The maximum absolute atomic E-state index is 5.76. The zero-order chi connectivity index (χ0) is 15.2. The Kier molecular flexibility index (Phi) is 4.53. The van der Waals surface area contributed by atoms with E-state index in [2.05, 4.69) is 10.3 Å². The molecule has 2 aromatic carbocycles. The van der Waals surface area contributed by atoms with Gasteiger partial charge < -0.3 is 9.47 Å². The molecule has 0 aliphatic carbocycles. The number of aryl methyl sites for hydroxylation is 1. The van der Waals surface area contributed by atoms with Gasteiger partial charge in [0.15, 0.2) is 11.5 Å². The van der Waals surface area contributed by atoms with Crippen LogP contribution in [0.4, 0.5) is 0 Å². The maximum Gasteiger partial charge on any atom is 0.161 e. The fourth-order valence-corrected chi connectivity index (χ4v) is 2.37. The van der Waals surface area contributed by atoms with Gasteiger partial charge in [0.25, 0.3) is 0 Å². The van der Waals surface area contributed by atoms with E-state index in [-0.39, 0.29) is 0 Å². The van der Waals surface area contributed by atoms with Crippen molar-refractivity contribution in [3.05, 3.63) is 48.5 Å². The second-order valence-electron chi connectivity index (χ2n) is 5.01. The third-order valence-corrected chi connectivity index (χ3v) is 3.51. The van der Waals surface area contributed by atoms with Gasteiger partial charge in [0, 0.05) is 6.54 Å². The van der Waals surface area contributed by atoms with Crippen molar-refractivity contribution in [2.24, 2.45) is 0 Å². The lowest BCUT2D eigenvalue weighted by molar-refractivity contribution is 0.283. The van der Waals surface area contributed by atoms with Crippen molar-refractivity contribution in [3.63, 3.8) is 0 Å². The fourth-order valence-electron chi connectivity index (χ4n) is 2.37. The topological polar surface area (TPSA) is 49.2 Å². The van der Waals surface area contributed by atoms with E-state index in [1.807, 2.05) is 53.2 Å². The molecule has 0 bridgehead atoms. The molecule has 0 aliphatic heterocycles. The van der Waals surface area contributed by atoms with Crippen LogP contribution in [0, 0.1) is 0 Å². The molecule has 0 aliphatic rings. The SMILES string of the molecule is COc1ccccc1OCCCCn1nnc2ccccc21. The van der Waals surface area contributed by atoms with Crippen molar-refractivity contribution in [2.45, 2.75) is 19.4 Å². The van der Waals surface area contributed by atoms with E-state index in [1.54, 1.807) is 7.11 Å². The van der Waals surface area contributed by atoms with Crippen molar-refractivity contribution in [3.8, 4) is 11.5 Å². The number of fused-ring (bicyclic) bond motifs is 1. The molecule has 1 heterocycles. The summed E-state index contributed by atoms with van der Waals surface area (Å²) < 4.78 is 13.0. The second-order valence-corrected chi connectivity index (χ2v) is 5.01. The zero-order valence-corrected chi connectivity index (χ0v) is 12.6. The minimum Gasteiger partial charge on any atom is -0.493 e. The van der Waals surface area contributed by atoms with Crippen LogP contribution in [-0.2, 0) is 6.54 Å². The molecule has 0 atom stereocenters. The second kappa shape index (κ2) is 6.93. The van der Waals surface area contributed by atoms with Crippen LogP contribution >= 0.6 is 0 Å². The number of rotatable bonds is 7. The molecule has 3 aromatic rings. The van der Waals surface area contributed by atoms with Gasteiger partial charge in [-0.15, -0.1) is 5.10 Å². The van der Waals surface area contributed by atoms with Crippen LogP contribution in [-0.4, -0.2) is 28.7 Å². The lowest BCUT2D eigenvalue weighted by atomic mass is 10.3. The van der Waals surface area contributed by atoms with Crippen molar-refractivity contribution >= 4 is 11.0 Å². The molecule has 0 amide bonds. The number of ether oxygens (including phenoxy) is 2. The normalized spacial score (nSPS) is 10.8. The minimum absolute atomic E-state index is 0.660. The average Bonchev–Trinajstić information content (AvgIpc) is 2.98. The zero-order valence-electron chi connectivity index (χ0n) is 12.6. The number of aromatic nitrogens is 3. The van der Waals surface area contributed by atoms with E-state index < -0.39 is 0 Å². The van der Waals surface area contributed by atoms with Gasteiger partial charge in [0.1, 0.15) is 5.52 Å². The largest absolute Gasteiger partial charge is 0.493 e. The quantitative estimate of drug-likeness (QED) is 0.628. The van der Waals surface area contributed by atoms with Crippen LogP contribution in [0.25, 0.3) is 11.0 Å². The van der Waals surface area contributed by atoms with Crippen LogP contribution in [0.3, 0.4) is 0 Å². The van der Waals surface area contributed by atoms with Crippen LogP contribution < -0.4 is 9.47 Å². The highest BCUT2D eigenvalue weighted by Crippen LogP contribution is 2.25. The molecule has 5 heteroatoms. The monoisotopic (exact) mass is 297 g/mol. The molecular formula is C17H19N3O2. The van der Waals surface area contributed by atoms with Gasteiger partial charge in [0.2, 0.25) is 0 Å². The molecular weight excluding hydrogens is 278 g/mol. The number of benzene rings is 2. The van der Waals surface area contributed by atoms with Crippen molar-refractivity contribution in [2.75, 3.05) is 13.7 Å². The third kappa shape index (κ3) is 3.19. The van der Waals surface area contributed by atoms with E-state index in [0.717, 1.165) is 41.9 Å². The van der Waals surface area contributed by atoms with Crippen LogP contribution in [0.5, 0.6) is 11.5 Å². The lowest BCUT2D eigenvalue weighted by Gasteiger charge is -2.10. The summed E-state index contributed by atoms with van der Waals surface area (Å²) in [5, 5.41) is 8.34. The van der Waals surface area contributed by atoms with E-state index in [1.165, 1.54) is 0 Å². The summed E-state index contributed by atoms with van der Waals surface area (Å²) >= 11 is 0. The van der Waals surface area contributed by atoms with E-state index in [4.69, 9.17) is 9.47 Å². The molecule has 0 radical (unpaired) electrons. The van der Waals surface area contributed by atoms with Gasteiger partial charge in [0.05, 0.1) is 19.2 Å². The summed E-state index contributed by atoms with van der Waals surface area (Å²) in [5.41, 5.74) is 2.01. The van der Waals surface area contributed by atoms with Gasteiger partial charge in [-0.05, 0) is 37.1 Å². The standard InChI is InChI=1S/C17H19N3O2/c1-21-16-10-4-5-11-17(16)22-13-7-6-12-20-15-9-3-2-8-14(15)18-19-20/h2-5,8-11H,6-7,12-13H2,1H3. The summed E-state index contributed by atoms with van der Waals surface area (Å²) in [6, 6.07) is 15.7.